The van der Waals surface area contributed by atoms with Crippen LogP contribution in [0.25, 0.3) is 0 Å². The molecule has 0 radical (unpaired) electrons. The third kappa shape index (κ3) is 2.43. The van der Waals surface area contributed by atoms with Gasteiger partial charge in [-0.1, -0.05) is 0 Å². The molecule has 0 aliphatic rings. The molecule has 0 aliphatic carbocycles. The predicted molar refractivity (Wildman–Crippen MR) is 47.1 cm³/mol. The summed E-state index contributed by atoms with van der Waals surface area (Å²) in [5.41, 5.74) is 1.87. The minimum atomic E-state index is 0.285. The van der Waals surface area contributed by atoms with Gasteiger partial charge in [0.2, 0.25) is 5.28 Å². The Morgan fingerprint density at radius 1 is 1.58 bits per heavy atom. The summed E-state index contributed by atoms with van der Waals surface area (Å²) < 4.78 is 5.22. The molecule has 0 atom stereocenters. The molecule has 0 fully saturated rings. The molecule has 0 saturated carbocycles. The maximum Gasteiger partial charge on any atom is 0.222 e. The summed E-state index contributed by atoms with van der Waals surface area (Å²) >= 11 is 5.59. The topological polar surface area (TPSA) is 35.0 Å². The van der Waals surface area contributed by atoms with E-state index in [4.69, 9.17) is 16.3 Å². The lowest BCUT2D eigenvalue weighted by atomic mass is 10.3. The molecule has 1 heterocycles. The molecule has 0 spiro atoms. The molecule has 0 bridgehead atoms. The van der Waals surface area contributed by atoms with E-state index in [2.05, 4.69) is 9.97 Å². The Balaban J connectivity index is 2.72. The monoisotopic (exact) mass is 186 g/mol. The van der Waals surface area contributed by atoms with Crippen molar-refractivity contribution in [3.05, 3.63) is 22.7 Å². The molecule has 0 unspecified atom stereocenters. The summed E-state index contributed by atoms with van der Waals surface area (Å²) in [7, 11) is 0. The van der Waals surface area contributed by atoms with Crippen molar-refractivity contribution in [3.8, 4) is 0 Å². The zero-order chi connectivity index (χ0) is 8.97. The van der Waals surface area contributed by atoms with Gasteiger partial charge < -0.3 is 4.74 Å². The van der Waals surface area contributed by atoms with Gasteiger partial charge in [0, 0.05) is 24.1 Å². The second kappa shape index (κ2) is 4.38. The summed E-state index contributed by atoms with van der Waals surface area (Å²) in [5, 5.41) is 0.285. The SMILES string of the molecule is CCOCc1cnc(Cl)nc1C. The average Bonchev–Trinajstić information content (AvgIpc) is 2.03. The average molecular weight is 187 g/mol. The summed E-state index contributed by atoms with van der Waals surface area (Å²) in [6.07, 6.45) is 1.69. The molecule has 0 aliphatic heterocycles. The van der Waals surface area contributed by atoms with Crippen molar-refractivity contribution in [1.29, 1.82) is 0 Å². The number of halogens is 1. The van der Waals surface area contributed by atoms with Gasteiger partial charge in [0.1, 0.15) is 0 Å². The van der Waals surface area contributed by atoms with E-state index in [1.165, 1.54) is 0 Å². The Morgan fingerprint density at radius 3 is 2.92 bits per heavy atom. The lowest BCUT2D eigenvalue weighted by Gasteiger charge is -2.03. The van der Waals surface area contributed by atoms with Crippen LogP contribution in [0.5, 0.6) is 0 Å². The van der Waals surface area contributed by atoms with Gasteiger partial charge in [-0.3, -0.25) is 0 Å². The second-order valence-corrected chi connectivity index (χ2v) is 2.72. The Morgan fingerprint density at radius 2 is 2.33 bits per heavy atom. The molecule has 1 rings (SSSR count). The highest BCUT2D eigenvalue weighted by Gasteiger charge is 2.00. The highest BCUT2D eigenvalue weighted by molar-refractivity contribution is 6.28. The van der Waals surface area contributed by atoms with Crippen LogP contribution in [0.15, 0.2) is 6.20 Å². The molecular formula is C8H11ClN2O. The Bertz CT molecular complexity index is 265. The van der Waals surface area contributed by atoms with Crippen LogP contribution in [-0.2, 0) is 11.3 Å². The molecular weight excluding hydrogens is 176 g/mol. The molecule has 0 amide bonds. The number of hydrogen-bond acceptors (Lipinski definition) is 3. The van der Waals surface area contributed by atoms with Crippen LogP contribution in [-0.4, -0.2) is 16.6 Å². The fourth-order valence-electron chi connectivity index (χ4n) is 0.817. The third-order valence-electron chi connectivity index (χ3n) is 1.51. The molecule has 1 aromatic rings. The first-order valence-corrected chi connectivity index (χ1v) is 4.17. The minimum Gasteiger partial charge on any atom is -0.377 e. The summed E-state index contributed by atoms with van der Waals surface area (Å²) in [4.78, 5) is 7.87. The van der Waals surface area contributed by atoms with Gasteiger partial charge in [-0.25, -0.2) is 9.97 Å². The van der Waals surface area contributed by atoms with E-state index >= 15 is 0 Å². The van der Waals surface area contributed by atoms with Crippen molar-refractivity contribution in [2.75, 3.05) is 6.61 Å². The predicted octanol–water partition coefficient (Wildman–Crippen LogP) is 1.97. The van der Waals surface area contributed by atoms with E-state index in [0.717, 1.165) is 11.3 Å². The van der Waals surface area contributed by atoms with Gasteiger partial charge >= 0.3 is 0 Å². The minimum absolute atomic E-state index is 0.285. The van der Waals surface area contributed by atoms with Crippen LogP contribution in [0.4, 0.5) is 0 Å². The molecule has 3 nitrogen and oxygen atoms in total. The van der Waals surface area contributed by atoms with Crippen molar-refractivity contribution in [2.45, 2.75) is 20.5 Å². The summed E-state index contributed by atoms with van der Waals surface area (Å²) in [6, 6.07) is 0. The number of ether oxygens (including phenoxy) is 1. The molecule has 0 N–H and O–H groups in total. The van der Waals surface area contributed by atoms with Crippen molar-refractivity contribution in [2.24, 2.45) is 0 Å². The first kappa shape index (κ1) is 9.42. The quantitative estimate of drug-likeness (QED) is 0.678. The van der Waals surface area contributed by atoms with Crippen molar-refractivity contribution >= 4 is 11.6 Å². The Hall–Kier alpha value is -0.670. The normalized spacial score (nSPS) is 10.2. The fourth-order valence-corrected chi connectivity index (χ4v) is 0.993. The Kier molecular flexibility index (Phi) is 3.44. The first-order valence-electron chi connectivity index (χ1n) is 3.79. The van der Waals surface area contributed by atoms with E-state index in [0.29, 0.717) is 13.2 Å². The summed E-state index contributed by atoms with van der Waals surface area (Å²) in [6.45, 7) is 5.09. The zero-order valence-electron chi connectivity index (χ0n) is 7.17. The van der Waals surface area contributed by atoms with Crippen LogP contribution in [0.2, 0.25) is 5.28 Å². The van der Waals surface area contributed by atoms with Crippen LogP contribution >= 0.6 is 11.6 Å². The highest BCUT2D eigenvalue weighted by Crippen LogP contribution is 2.08. The number of aryl methyl sites for hydroxylation is 1. The van der Waals surface area contributed by atoms with Crippen LogP contribution in [0.1, 0.15) is 18.2 Å². The van der Waals surface area contributed by atoms with Gasteiger partial charge in [0.05, 0.1) is 6.61 Å². The van der Waals surface area contributed by atoms with Crippen molar-refractivity contribution in [3.63, 3.8) is 0 Å². The second-order valence-electron chi connectivity index (χ2n) is 2.39. The highest BCUT2D eigenvalue weighted by atomic mass is 35.5. The largest absolute Gasteiger partial charge is 0.377 e. The smallest absolute Gasteiger partial charge is 0.222 e. The fraction of sp³-hybridized carbons (Fsp3) is 0.500. The molecule has 4 heteroatoms. The van der Waals surface area contributed by atoms with Gasteiger partial charge in [0.15, 0.2) is 0 Å². The molecule has 0 aromatic carbocycles. The lowest BCUT2D eigenvalue weighted by Crippen LogP contribution is -1.98. The van der Waals surface area contributed by atoms with E-state index in [-0.39, 0.29) is 5.28 Å². The van der Waals surface area contributed by atoms with Gasteiger partial charge in [-0.15, -0.1) is 0 Å². The van der Waals surface area contributed by atoms with E-state index in [1.807, 2.05) is 13.8 Å². The van der Waals surface area contributed by atoms with Crippen molar-refractivity contribution in [1.82, 2.24) is 9.97 Å². The summed E-state index contributed by atoms with van der Waals surface area (Å²) in [5.74, 6) is 0. The third-order valence-corrected chi connectivity index (χ3v) is 1.70. The van der Waals surface area contributed by atoms with Crippen LogP contribution < -0.4 is 0 Å². The van der Waals surface area contributed by atoms with Crippen LogP contribution in [0.3, 0.4) is 0 Å². The maximum absolute atomic E-state index is 5.59. The van der Waals surface area contributed by atoms with Gasteiger partial charge in [-0.2, -0.15) is 0 Å². The number of aromatic nitrogens is 2. The van der Waals surface area contributed by atoms with E-state index < -0.39 is 0 Å². The van der Waals surface area contributed by atoms with E-state index in [9.17, 15) is 0 Å². The Labute approximate surface area is 76.7 Å². The number of hydrogen-bond donors (Lipinski definition) is 0. The molecule has 12 heavy (non-hydrogen) atoms. The number of rotatable bonds is 3. The lowest BCUT2D eigenvalue weighted by molar-refractivity contribution is 0.133. The first-order chi connectivity index (χ1) is 5.74. The van der Waals surface area contributed by atoms with Gasteiger partial charge in [0.25, 0.3) is 0 Å². The molecule has 1 aromatic heterocycles. The van der Waals surface area contributed by atoms with Crippen LogP contribution in [0, 0.1) is 6.92 Å². The van der Waals surface area contributed by atoms with Crippen molar-refractivity contribution < 1.29 is 4.74 Å². The number of nitrogens with zero attached hydrogens (tertiary/aromatic N) is 2. The standard InChI is InChI=1S/C8H11ClN2O/c1-3-12-5-7-4-10-8(9)11-6(7)2/h4H,3,5H2,1-2H3. The molecule has 66 valence electrons. The maximum atomic E-state index is 5.59. The molecule has 0 saturated heterocycles. The van der Waals surface area contributed by atoms with E-state index in [1.54, 1.807) is 6.20 Å². The zero-order valence-corrected chi connectivity index (χ0v) is 7.93. The van der Waals surface area contributed by atoms with Gasteiger partial charge in [-0.05, 0) is 25.4 Å².